The zero-order valence-electron chi connectivity index (χ0n) is 13.2. The Morgan fingerprint density at radius 3 is 2.67 bits per heavy atom. The van der Waals surface area contributed by atoms with Crippen molar-refractivity contribution in [3.63, 3.8) is 0 Å². The van der Waals surface area contributed by atoms with Gasteiger partial charge in [0.05, 0.1) is 5.69 Å². The molecule has 0 spiro atoms. The molecule has 1 unspecified atom stereocenters. The number of aryl methyl sites for hydroxylation is 1. The molecule has 1 atom stereocenters. The quantitative estimate of drug-likeness (QED) is 0.802. The third-order valence-corrected chi connectivity index (χ3v) is 4.19. The summed E-state index contributed by atoms with van der Waals surface area (Å²) in [4.78, 5) is 20.0. The SMILES string of the molecule is Cc1noc(-c2ccnc(-c3ccc(C4CNC(=O)C4)cc3)c2)n1. The number of benzene rings is 1. The molecule has 6 heteroatoms. The Hall–Kier alpha value is -3.02. The lowest BCUT2D eigenvalue weighted by Crippen LogP contribution is -2.13. The molecule has 1 fully saturated rings. The third kappa shape index (κ3) is 2.78. The summed E-state index contributed by atoms with van der Waals surface area (Å²) in [5.41, 5.74) is 3.86. The minimum Gasteiger partial charge on any atom is -0.355 e. The van der Waals surface area contributed by atoms with Gasteiger partial charge in [0.25, 0.3) is 5.89 Å². The highest BCUT2D eigenvalue weighted by Gasteiger charge is 2.22. The lowest BCUT2D eigenvalue weighted by atomic mass is 9.96. The van der Waals surface area contributed by atoms with Gasteiger partial charge in [-0.05, 0) is 24.6 Å². The van der Waals surface area contributed by atoms with Crippen molar-refractivity contribution < 1.29 is 9.32 Å². The van der Waals surface area contributed by atoms with E-state index in [1.807, 2.05) is 24.3 Å². The molecule has 1 aliphatic rings. The van der Waals surface area contributed by atoms with Crippen LogP contribution in [0.4, 0.5) is 0 Å². The number of nitrogens with one attached hydrogen (secondary N) is 1. The van der Waals surface area contributed by atoms with Gasteiger partial charge in [-0.25, -0.2) is 0 Å². The first-order chi connectivity index (χ1) is 11.7. The molecule has 4 rings (SSSR count). The molecule has 2 aromatic heterocycles. The Labute approximate surface area is 138 Å². The van der Waals surface area contributed by atoms with Crippen LogP contribution < -0.4 is 5.32 Å². The van der Waals surface area contributed by atoms with Crippen molar-refractivity contribution in [2.45, 2.75) is 19.3 Å². The van der Waals surface area contributed by atoms with Crippen LogP contribution in [0.5, 0.6) is 0 Å². The molecule has 120 valence electrons. The smallest absolute Gasteiger partial charge is 0.258 e. The highest BCUT2D eigenvalue weighted by atomic mass is 16.5. The number of hydrogen-bond acceptors (Lipinski definition) is 5. The largest absolute Gasteiger partial charge is 0.355 e. The zero-order valence-corrected chi connectivity index (χ0v) is 13.2. The summed E-state index contributed by atoms with van der Waals surface area (Å²) in [5.74, 6) is 1.47. The van der Waals surface area contributed by atoms with Crippen molar-refractivity contribution in [3.8, 4) is 22.7 Å². The molecular formula is C18H16N4O2. The van der Waals surface area contributed by atoms with E-state index in [0.29, 0.717) is 24.7 Å². The van der Waals surface area contributed by atoms with E-state index in [4.69, 9.17) is 4.52 Å². The van der Waals surface area contributed by atoms with Gasteiger partial charge in [0, 0.05) is 36.2 Å². The number of rotatable bonds is 3. The number of nitrogens with zero attached hydrogens (tertiary/aromatic N) is 3. The molecule has 0 bridgehead atoms. The Kier molecular flexibility index (Phi) is 3.57. The predicted molar refractivity (Wildman–Crippen MR) is 88.1 cm³/mol. The summed E-state index contributed by atoms with van der Waals surface area (Å²) in [5, 5.41) is 6.68. The standard InChI is InChI=1S/C18H16N4O2/c1-11-21-18(24-22-11)14-6-7-19-16(8-14)13-4-2-12(3-5-13)15-9-17(23)20-10-15/h2-8,15H,9-10H2,1H3,(H,20,23). The number of carbonyl (C=O) groups is 1. The maximum Gasteiger partial charge on any atom is 0.258 e. The summed E-state index contributed by atoms with van der Waals surface area (Å²) < 4.78 is 5.21. The first-order valence-electron chi connectivity index (χ1n) is 7.83. The van der Waals surface area contributed by atoms with Crippen LogP contribution in [0.15, 0.2) is 47.1 Å². The van der Waals surface area contributed by atoms with Crippen molar-refractivity contribution in [3.05, 3.63) is 54.0 Å². The van der Waals surface area contributed by atoms with Gasteiger partial charge in [-0.1, -0.05) is 29.4 Å². The van der Waals surface area contributed by atoms with Gasteiger partial charge in [0.15, 0.2) is 5.82 Å². The lowest BCUT2D eigenvalue weighted by Gasteiger charge is -2.09. The van der Waals surface area contributed by atoms with Crippen LogP contribution >= 0.6 is 0 Å². The van der Waals surface area contributed by atoms with Crippen molar-refractivity contribution in [2.75, 3.05) is 6.54 Å². The van der Waals surface area contributed by atoms with Crippen LogP contribution in [-0.2, 0) is 4.79 Å². The maximum atomic E-state index is 11.3. The van der Waals surface area contributed by atoms with E-state index in [9.17, 15) is 4.79 Å². The average molecular weight is 320 g/mol. The Morgan fingerprint density at radius 2 is 2.00 bits per heavy atom. The molecule has 3 aromatic rings. The number of aromatic nitrogens is 3. The normalized spacial score (nSPS) is 17.0. The minimum absolute atomic E-state index is 0.119. The van der Waals surface area contributed by atoms with Crippen LogP contribution in [0, 0.1) is 6.92 Å². The molecule has 1 saturated heterocycles. The highest BCUT2D eigenvalue weighted by Crippen LogP contribution is 2.27. The molecule has 1 aromatic carbocycles. The van der Waals surface area contributed by atoms with Gasteiger partial charge in [0.2, 0.25) is 5.91 Å². The molecule has 6 nitrogen and oxygen atoms in total. The van der Waals surface area contributed by atoms with Crippen molar-refractivity contribution in [2.24, 2.45) is 0 Å². The molecule has 1 aliphatic heterocycles. The second kappa shape index (κ2) is 5.88. The van der Waals surface area contributed by atoms with Crippen LogP contribution in [0.2, 0.25) is 0 Å². The molecular weight excluding hydrogens is 304 g/mol. The van der Waals surface area contributed by atoms with Gasteiger partial charge < -0.3 is 9.84 Å². The second-order valence-electron chi connectivity index (χ2n) is 5.90. The van der Waals surface area contributed by atoms with E-state index >= 15 is 0 Å². The summed E-state index contributed by atoms with van der Waals surface area (Å²) in [6, 6.07) is 12.0. The predicted octanol–water partition coefficient (Wildman–Crippen LogP) is 2.71. The maximum absolute atomic E-state index is 11.3. The van der Waals surface area contributed by atoms with Gasteiger partial charge in [-0.3, -0.25) is 9.78 Å². The number of hydrogen-bond donors (Lipinski definition) is 1. The van der Waals surface area contributed by atoms with Crippen LogP contribution in [0.1, 0.15) is 23.7 Å². The first kappa shape index (κ1) is 14.6. The van der Waals surface area contributed by atoms with Crippen molar-refractivity contribution >= 4 is 5.91 Å². The third-order valence-electron chi connectivity index (χ3n) is 4.19. The monoisotopic (exact) mass is 320 g/mol. The fourth-order valence-corrected chi connectivity index (χ4v) is 2.90. The highest BCUT2D eigenvalue weighted by molar-refractivity contribution is 5.79. The van der Waals surface area contributed by atoms with Gasteiger partial charge in [-0.15, -0.1) is 0 Å². The van der Waals surface area contributed by atoms with E-state index in [0.717, 1.165) is 16.8 Å². The number of carbonyl (C=O) groups excluding carboxylic acids is 1. The van der Waals surface area contributed by atoms with Gasteiger partial charge >= 0.3 is 0 Å². The summed E-state index contributed by atoms with van der Waals surface area (Å²) >= 11 is 0. The summed E-state index contributed by atoms with van der Waals surface area (Å²) in [6.45, 7) is 2.50. The van der Waals surface area contributed by atoms with Crippen molar-refractivity contribution in [1.82, 2.24) is 20.4 Å². The van der Waals surface area contributed by atoms with E-state index in [1.165, 1.54) is 5.56 Å². The number of pyridine rings is 1. The van der Waals surface area contributed by atoms with Crippen LogP contribution in [-0.4, -0.2) is 27.6 Å². The lowest BCUT2D eigenvalue weighted by molar-refractivity contribution is -0.119. The van der Waals surface area contributed by atoms with E-state index in [1.54, 1.807) is 13.1 Å². The fraction of sp³-hybridized carbons (Fsp3) is 0.222. The van der Waals surface area contributed by atoms with Crippen molar-refractivity contribution in [1.29, 1.82) is 0 Å². The zero-order chi connectivity index (χ0) is 16.5. The van der Waals surface area contributed by atoms with Gasteiger partial charge in [-0.2, -0.15) is 4.98 Å². The van der Waals surface area contributed by atoms with Gasteiger partial charge in [0.1, 0.15) is 0 Å². The van der Waals surface area contributed by atoms with E-state index < -0.39 is 0 Å². The molecule has 1 amide bonds. The molecule has 3 heterocycles. The Morgan fingerprint density at radius 1 is 1.17 bits per heavy atom. The Bertz CT molecular complexity index is 886. The van der Waals surface area contributed by atoms with E-state index in [2.05, 4.69) is 32.6 Å². The average Bonchev–Trinajstić information content (AvgIpc) is 3.24. The summed E-state index contributed by atoms with van der Waals surface area (Å²) in [6.07, 6.45) is 2.29. The minimum atomic E-state index is 0.119. The fourth-order valence-electron chi connectivity index (χ4n) is 2.90. The topological polar surface area (TPSA) is 80.9 Å². The second-order valence-corrected chi connectivity index (χ2v) is 5.90. The molecule has 1 N–H and O–H groups in total. The van der Waals surface area contributed by atoms with Crippen LogP contribution in [0.3, 0.4) is 0 Å². The summed E-state index contributed by atoms with van der Waals surface area (Å²) in [7, 11) is 0. The molecule has 24 heavy (non-hydrogen) atoms. The van der Waals surface area contributed by atoms with E-state index in [-0.39, 0.29) is 11.8 Å². The Balaban J connectivity index is 1.61. The molecule has 0 radical (unpaired) electrons. The van der Waals surface area contributed by atoms with Crippen LogP contribution in [0.25, 0.3) is 22.7 Å². The number of amides is 1. The first-order valence-corrected chi connectivity index (χ1v) is 7.83. The molecule has 0 saturated carbocycles. The molecule has 0 aliphatic carbocycles.